The fourth-order valence-electron chi connectivity index (χ4n) is 4.66. The molecule has 7 N–H and O–H groups in total. The van der Waals surface area contributed by atoms with Crippen LogP contribution in [0.4, 0.5) is 0 Å². The number of phosphoric ester groups is 1. The van der Waals surface area contributed by atoms with Crippen molar-refractivity contribution in [1.29, 1.82) is 0 Å². The minimum atomic E-state index is -4.73. The maximum Gasteiger partial charge on any atom is 0.472 e. The van der Waals surface area contributed by atoms with E-state index in [0.717, 1.165) is 0 Å². The van der Waals surface area contributed by atoms with E-state index in [0.29, 0.717) is 11.3 Å². The lowest BCUT2D eigenvalue weighted by atomic mass is 10.0. The molecule has 5 amide bonds. The Bertz CT molecular complexity index is 1510. The van der Waals surface area contributed by atoms with Crippen LogP contribution in [0.1, 0.15) is 59.2 Å². The number of nitrogens with zero attached hydrogens (tertiary/aromatic N) is 1. The van der Waals surface area contributed by atoms with Crippen LogP contribution >= 0.6 is 23.8 Å². The molecule has 6 unspecified atom stereocenters. The molecule has 1 heterocycles. The fraction of sp³-hybridized carbons (Fsp3) is 0.576. The van der Waals surface area contributed by atoms with Gasteiger partial charge < -0.3 is 41.2 Å². The van der Waals surface area contributed by atoms with Gasteiger partial charge in [-0.05, 0) is 45.6 Å². The van der Waals surface area contributed by atoms with Gasteiger partial charge in [-0.15, -0.1) is 0 Å². The summed E-state index contributed by atoms with van der Waals surface area (Å²) in [6.45, 7) is 9.64. The number of halogens is 1. The average Bonchev–Trinajstić information content (AvgIpc) is 3.59. The second kappa shape index (κ2) is 21.1. The van der Waals surface area contributed by atoms with Gasteiger partial charge in [0.2, 0.25) is 29.5 Å². The molecule has 0 bridgehead atoms. The zero-order chi connectivity index (χ0) is 39.1. The molecule has 290 valence electrons. The molecule has 1 aromatic carbocycles. The van der Waals surface area contributed by atoms with Crippen LogP contribution in [0, 0.1) is 5.92 Å². The van der Waals surface area contributed by atoms with Gasteiger partial charge in [0, 0.05) is 25.4 Å². The zero-order valence-electron chi connectivity index (χ0n) is 30.4. The maximum absolute atomic E-state index is 13.9. The SMILES string of the molecule is CNC(=O)C(NC(=O)C(COC(C)(C)C)NC(=O)C(Cc1cnc[nH]1)NC(=O)C(CC(C)C)NC(=O)CBr)C(C)OP(=O)(O)OCc1ccccc1. The molecule has 2 rings (SSSR count). The smallest absolute Gasteiger partial charge is 0.373 e. The van der Waals surface area contributed by atoms with E-state index in [4.69, 9.17) is 13.8 Å². The summed E-state index contributed by atoms with van der Waals surface area (Å²) in [5.41, 5.74) is 0.328. The number of amides is 5. The molecule has 0 saturated carbocycles. The quantitative estimate of drug-likeness (QED) is 0.0706. The summed E-state index contributed by atoms with van der Waals surface area (Å²) in [4.78, 5) is 83.5. The number of carbonyl (C=O) groups is 5. The van der Waals surface area contributed by atoms with E-state index in [1.807, 2.05) is 13.8 Å². The zero-order valence-corrected chi connectivity index (χ0v) is 32.9. The van der Waals surface area contributed by atoms with Crippen molar-refractivity contribution in [3.8, 4) is 0 Å². The Hall–Kier alpha value is -3.67. The van der Waals surface area contributed by atoms with Gasteiger partial charge in [-0.1, -0.05) is 60.1 Å². The number of hydrogen-bond acceptors (Lipinski definition) is 10. The predicted molar refractivity (Wildman–Crippen MR) is 195 cm³/mol. The maximum atomic E-state index is 13.9. The summed E-state index contributed by atoms with van der Waals surface area (Å²) in [5.74, 6) is -3.47. The molecule has 1 aromatic heterocycles. The van der Waals surface area contributed by atoms with Gasteiger partial charge in [-0.2, -0.15) is 0 Å². The van der Waals surface area contributed by atoms with Crippen LogP contribution in [0.3, 0.4) is 0 Å². The summed E-state index contributed by atoms with van der Waals surface area (Å²) in [7, 11) is -3.43. The molecule has 0 spiro atoms. The molecule has 0 aliphatic carbocycles. The van der Waals surface area contributed by atoms with Crippen LogP contribution in [0.15, 0.2) is 42.9 Å². The average molecular weight is 817 g/mol. The molecule has 6 atom stereocenters. The molecule has 0 saturated heterocycles. The van der Waals surface area contributed by atoms with Crippen LogP contribution in [-0.2, 0) is 55.3 Å². The monoisotopic (exact) mass is 815 g/mol. The third-order valence-corrected chi connectivity index (χ3v) is 8.80. The highest BCUT2D eigenvalue weighted by Gasteiger charge is 2.37. The van der Waals surface area contributed by atoms with Gasteiger partial charge in [-0.3, -0.25) is 33.0 Å². The van der Waals surface area contributed by atoms with E-state index in [1.165, 1.54) is 26.5 Å². The van der Waals surface area contributed by atoms with E-state index in [9.17, 15) is 33.4 Å². The Morgan fingerprint density at radius 1 is 0.923 bits per heavy atom. The summed E-state index contributed by atoms with van der Waals surface area (Å²) in [6, 6.07) is 3.42. The van der Waals surface area contributed by atoms with Gasteiger partial charge in [0.15, 0.2) is 0 Å². The van der Waals surface area contributed by atoms with Crippen molar-refractivity contribution in [2.75, 3.05) is 19.0 Å². The molecular weight excluding hydrogens is 765 g/mol. The summed E-state index contributed by atoms with van der Waals surface area (Å²) in [5, 5.41) is 12.8. The number of carbonyl (C=O) groups excluding carboxylic acids is 5. The number of alkyl halides is 1. The molecule has 17 nitrogen and oxygen atoms in total. The number of ether oxygens (including phenoxy) is 1. The van der Waals surface area contributed by atoms with Crippen molar-refractivity contribution < 1.29 is 47.2 Å². The number of benzene rings is 1. The van der Waals surface area contributed by atoms with Gasteiger partial charge in [-0.25, -0.2) is 9.55 Å². The largest absolute Gasteiger partial charge is 0.472 e. The standard InChI is InChI=1S/C33H51BrN7O10P/c1-20(2)13-24(38-27(42)15-34)29(43)39-25(14-23-16-36-19-37-23)30(44)40-26(18-49-33(4,5)6)31(45)41-28(32(46)35-7)21(3)51-52(47,48)50-17-22-11-9-8-10-12-22/h8-12,16,19-21,24-26,28H,13-15,17-18H2,1-7H3,(H,35,46)(H,36,37)(H,38,42)(H,39,43)(H,40,44)(H,41,45)(H,47,48). The number of imidazole rings is 1. The highest BCUT2D eigenvalue weighted by Crippen LogP contribution is 2.45. The molecule has 0 aliphatic heterocycles. The van der Waals surface area contributed by atoms with Crippen molar-refractivity contribution in [3.05, 3.63) is 54.1 Å². The first-order chi connectivity index (χ1) is 24.3. The third-order valence-electron chi connectivity index (χ3n) is 7.24. The number of H-pyrrole nitrogens is 1. The first kappa shape index (κ1) is 44.5. The first-order valence-corrected chi connectivity index (χ1v) is 19.2. The van der Waals surface area contributed by atoms with Gasteiger partial charge in [0.05, 0.1) is 36.6 Å². The van der Waals surface area contributed by atoms with E-state index >= 15 is 0 Å². The van der Waals surface area contributed by atoms with Gasteiger partial charge >= 0.3 is 7.82 Å². The minimum absolute atomic E-state index is 0.0173. The van der Waals surface area contributed by atoms with Crippen LogP contribution in [0.2, 0.25) is 0 Å². The number of phosphoric acid groups is 1. The molecule has 19 heteroatoms. The Kier molecular flexibility index (Phi) is 18.1. The summed E-state index contributed by atoms with van der Waals surface area (Å²) in [6.07, 6.45) is 1.70. The molecule has 0 aliphatic rings. The number of likely N-dealkylation sites (N-methyl/N-ethyl adjacent to an activating group) is 1. The lowest BCUT2D eigenvalue weighted by molar-refractivity contribution is -0.137. The van der Waals surface area contributed by atoms with Gasteiger partial charge in [0.25, 0.3) is 0 Å². The first-order valence-electron chi connectivity index (χ1n) is 16.6. The van der Waals surface area contributed by atoms with Crippen molar-refractivity contribution in [2.24, 2.45) is 5.92 Å². The fourth-order valence-corrected chi connectivity index (χ4v) is 5.74. The van der Waals surface area contributed by atoms with E-state index < -0.39 is 73.2 Å². The number of nitrogens with one attached hydrogen (secondary N) is 6. The predicted octanol–water partition coefficient (Wildman–Crippen LogP) is 1.62. The molecule has 52 heavy (non-hydrogen) atoms. The second-order valence-electron chi connectivity index (χ2n) is 13.3. The number of aromatic nitrogens is 2. The molecular formula is C33H51BrN7O10P. The number of rotatable bonds is 21. The van der Waals surface area contributed by atoms with Gasteiger partial charge in [0.1, 0.15) is 24.2 Å². The molecule has 0 radical (unpaired) electrons. The summed E-state index contributed by atoms with van der Waals surface area (Å²) < 4.78 is 29.0. The Balaban J connectivity index is 2.32. The number of hydrogen-bond donors (Lipinski definition) is 7. The van der Waals surface area contributed by atoms with E-state index in [1.54, 1.807) is 51.1 Å². The van der Waals surface area contributed by atoms with Crippen LogP contribution < -0.4 is 26.6 Å². The highest BCUT2D eigenvalue weighted by molar-refractivity contribution is 9.09. The topological polar surface area (TPSA) is 239 Å². The van der Waals surface area contributed by atoms with Crippen LogP contribution in [0.5, 0.6) is 0 Å². The van der Waals surface area contributed by atoms with E-state index in [-0.39, 0.29) is 37.3 Å². The van der Waals surface area contributed by atoms with Crippen LogP contribution in [-0.4, -0.2) is 99.3 Å². The molecule has 0 fully saturated rings. The van der Waals surface area contributed by atoms with Crippen molar-refractivity contribution in [3.63, 3.8) is 0 Å². The van der Waals surface area contributed by atoms with Crippen LogP contribution in [0.25, 0.3) is 0 Å². The van der Waals surface area contributed by atoms with Crippen molar-refractivity contribution in [2.45, 2.75) is 96.9 Å². The second-order valence-corrected chi connectivity index (χ2v) is 15.3. The lowest BCUT2D eigenvalue weighted by Crippen LogP contribution is -2.61. The number of aromatic amines is 1. The van der Waals surface area contributed by atoms with Crippen molar-refractivity contribution in [1.82, 2.24) is 36.6 Å². The Morgan fingerprint density at radius 2 is 1.54 bits per heavy atom. The summed E-state index contributed by atoms with van der Waals surface area (Å²) >= 11 is 3.08. The Labute approximate surface area is 312 Å². The minimum Gasteiger partial charge on any atom is -0.373 e. The third kappa shape index (κ3) is 16.3. The highest BCUT2D eigenvalue weighted by atomic mass is 79.9. The van der Waals surface area contributed by atoms with E-state index in [2.05, 4.69) is 52.5 Å². The normalized spacial score (nSPS) is 15.7. The van der Waals surface area contributed by atoms with Crippen molar-refractivity contribution >= 4 is 53.3 Å². The lowest BCUT2D eigenvalue weighted by Gasteiger charge is -2.30. The Morgan fingerprint density at radius 3 is 2.10 bits per heavy atom. The molecule has 2 aromatic rings.